The normalized spacial score (nSPS) is 18.5. The number of rotatable bonds is 5. The zero-order valence-corrected chi connectivity index (χ0v) is 22.6. The number of pyridine rings is 1. The number of benzene rings is 2. The molecular weight excluding hydrogens is 545 g/mol. The van der Waals surface area contributed by atoms with Gasteiger partial charge in [-0.15, -0.1) is 0 Å². The van der Waals surface area contributed by atoms with E-state index in [9.17, 15) is 22.4 Å². The number of alkyl halides is 3. The largest absolute Gasteiger partial charge is 0.417 e. The molecule has 12 heteroatoms. The highest BCUT2D eigenvalue weighted by atomic mass is 19.4. The third-order valence-corrected chi connectivity index (χ3v) is 7.56. The highest BCUT2D eigenvalue weighted by Crippen LogP contribution is 2.37. The van der Waals surface area contributed by atoms with Gasteiger partial charge in [0, 0.05) is 56.1 Å². The quantitative estimate of drug-likeness (QED) is 0.418. The van der Waals surface area contributed by atoms with Gasteiger partial charge in [-0.25, -0.2) is 13.8 Å². The maximum Gasteiger partial charge on any atom is 0.417 e. The Labute approximate surface area is 234 Å². The summed E-state index contributed by atoms with van der Waals surface area (Å²) < 4.78 is 75.6. The van der Waals surface area contributed by atoms with Gasteiger partial charge < -0.3 is 24.8 Å². The first-order valence-corrected chi connectivity index (χ1v) is 13.3. The van der Waals surface area contributed by atoms with Crippen molar-refractivity contribution in [2.45, 2.75) is 19.1 Å². The molecule has 1 amide bonds. The van der Waals surface area contributed by atoms with Gasteiger partial charge >= 0.3 is 6.18 Å². The van der Waals surface area contributed by atoms with Crippen LogP contribution >= 0.6 is 0 Å². The van der Waals surface area contributed by atoms with E-state index in [1.165, 1.54) is 18.3 Å². The molecule has 1 N–H and O–H groups in total. The predicted octanol–water partition coefficient (Wildman–Crippen LogP) is 5.27. The minimum Gasteiger partial charge on any atom is -0.378 e. The number of amides is 1. The van der Waals surface area contributed by atoms with Crippen molar-refractivity contribution in [3.05, 3.63) is 71.4 Å². The third-order valence-electron chi connectivity index (χ3n) is 7.56. The van der Waals surface area contributed by atoms with Crippen LogP contribution in [0.25, 0.3) is 11.1 Å². The van der Waals surface area contributed by atoms with Crippen LogP contribution in [0, 0.1) is 11.6 Å². The molecule has 2 saturated heterocycles. The van der Waals surface area contributed by atoms with Gasteiger partial charge in [0.05, 0.1) is 35.7 Å². The second-order valence-corrected chi connectivity index (χ2v) is 10.3. The van der Waals surface area contributed by atoms with E-state index in [4.69, 9.17) is 4.74 Å². The zero-order valence-electron chi connectivity index (χ0n) is 22.6. The third kappa shape index (κ3) is 6.28. The predicted molar refractivity (Wildman–Crippen MR) is 146 cm³/mol. The molecule has 218 valence electrons. The molecule has 7 nitrogen and oxygen atoms in total. The number of likely N-dealkylation sites (N-methyl/N-ethyl adjacent to an activating group) is 1. The first-order valence-electron chi connectivity index (χ1n) is 13.3. The molecule has 0 radical (unpaired) electrons. The number of nitrogens with zero attached hydrogens (tertiary/aromatic N) is 4. The number of morpholine rings is 1. The number of hydrogen-bond donors (Lipinski definition) is 1. The first kappa shape index (κ1) is 28.7. The van der Waals surface area contributed by atoms with Crippen LogP contribution in [-0.4, -0.2) is 74.8 Å². The van der Waals surface area contributed by atoms with Crippen LogP contribution in [0.2, 0.25) is 0 Å². The Hall–Kier alpha value is -3.77. The Morgan fingerprint density at radius 3 is 2.41 bits per heavy atom. The number of anilines is 3. The van der Waals surface area contributed by atoms with E-state index in [-0.39, 0.29) is 23.4 Å². The van der Waals surface area contributed by atoms with Crippen molar-refractivity contribution in [1.29, 1.82) is 0 Å². The van der Waals surface area contributed by atoms with E-state index >= 15 is 4.39 Å². The number of aromatic nitrogens is 1. The fraction of sp³-hybridized carbons (Fsp3) is 0.379. The summed E-state index contributed by atoms with van der Waals surface area (Å²) in [4.78, 5) is 23.8. The van der Waals surface area contributed by atoms with Crippen molar-refractivity contribution >= 4 is 23.1 Å². The van der Waals surface area contributed by atoms with Gasteiger partial charge in [-0.2, -0.15) is 13.2 Å². The number of nitrogens with one attached hydrogen (secondary N) is 1. The van der Waals surface area contributed by atoms with Crippen LogP contribution in [0.5, 0.6) is 0 Å². The molecule has 2 aliphatic heterocycles. The average Bonchev–Trinajstić information content (AvgIpc) is 2.95. The van der Waals surface area contributed by atoms with Crippen LogP contribution in [0.1, 0.15) is 22.8 Å². The fourth-order valence-corrected chi connectivity index (χ4v) is 5.08. The Morgan fingerprint density at radius 1 is 1.00 bits per heavy atom. The van der Waals surface area contributed by atoms with E-state index in [1.54, 1.807) is 12.1 Å². The van der Waals surface area contributed by atoms with E-state index in [0.29, 0.717) is 63.0 Å². The van der Waals surface area contributed by atoms with Gasteiger partial charge in [-0.1, -0.05) is 0 Å². The fourth-order valence-electron chi connectivity index (χ4n) is 5.08. The van der Waals surface area contributed by atoms with Crippen molar-refractivity contribution < 1.29 is 31.5 Å². The number of halogens is 5. The maximum absolute atomic E-state index is 15.6. The van der Waals surface area contributed by atoms with Crippen molar-refractivity contribution in [2.24, 2.45) is 0 Å². The Bertz CT molecular complexity index is 1410. The summed E-state index contributed by atoms with van der Waals surface area (Å²) in [7, 11) is 1.97. The van der Waals surface area contributed by atoms with Gasteiger partial charge in [0.25, 0.3) is 5.91 Å². The summed E-state index contributed by atoms with van der Waals surface area (Å²) in [5, 5.41) is 2.56. The van der Waals surface area contributed by atoms with Crippen LogP contribution in [0.15, 0.2) is 48.7 Å². The lowest BCUT2D eigenvalue weighted by Crippen LogP contribution is -2.50. The molecule has 2 fully saturated rings. The van der Waals surface area contributed by atoms with Crippen molar-refractivity contribution in [3.8, 4) is 11.1 Å². The molecular formula is C29H30F5N5O2. The lowest BCUT2D eigenvalue weighted by molar-refractivity contribution is -0.138. The molecule has 2 aromatic carbocycles. The second kappa shape index (κ2) is 11.6. The summed E-state index contributed by atoms with van der Waals surface area (Å²) in [5.74, 6) is -2.05. The minimum atomic E-state index is -4.95. The number of piperazine rings is 1. The van der Waals surface area contributed by atoms with Crippen LogP contribution in [0.4, 0.5) is 39.1 Å². The molecule has 1 unspecified atom stereocenters. The topological polar surface area (TPSA) is 60.9 Å². The molecule has 0 aliphatic carbocycles. The summed E-state index contributed by atoms with van der Waals surface area (Å²) in [6.07, 6.45) is -3.43. The molecule has 2 aliphatic rings. The van der Waals surface area contributed by atoms with Crippen LogP contribution < -0.4 is 15.1 Å². The monoisotopic (exact) mass is 575 g/mol. The number of carbonyl (C=O) groups is 1. The number of carbonyl (C=O) groups excluding carboxylic acids is 1. The molecule has 1 aromatic heterocycles. The molecule has 3 heterocycles. The molecule has 0 saturated carbocycles. The summed E-state index contributed by atoms with van der Waals surface area (Å²) in [6, 6.07) is 8.16. The van der Waals surface area contributed by atoms with Crippen molar-refractivity contribution in [1.82, 2.24) is 9.88 Å². The lowest BCUT2D eigenvalue weighted by atomic mass is 10.0. The average molecular weight is 576 g/mol. The van der Waals surface area contributed by atoms with Crippen LogP contribution in [0.3, 0.4) is 0 Å². The molecule has 0 bridgehead atoms. The molecule has 3 aromatic rings. The van der Waals surface area contributed by atoms with E-state index < -0.39 is 34.8 Å². The second-order valence-electron chi connectivity index (χ2n) is 10.3. The molecule has 5 rings (SSSR count). The Morgan fingerprint density at radius 2 is 1.76 bits per heavy atom. The zero-order chi connectivity index (χ0) is 29.3. The van der Waals surface area contributed by atoms with Gasteiger partial charge in [-0.3, -0.25) is 4.79 Å². The van der Waals surface area contributed by atoms with Gasteiger partial charge in [0.1, 0.15) is 17.5 Å². The maximum atomic E-state index is 15.6. The van der Waals surface area contributed by atoms with Crippen molar-refractivity contribution in [2.75, 3.05) is 68.1 Å². The molecule has 41 heavy (non-hydrogen) atoms. The minimum absolute atomic E-state index is 0.112. The number of hydrogen-bond acceptors (Lipinski definition) is 6. The Balaban J connectivity index is 1.52. The lowest BCUT2D eigenvalue weighted by Gasteiger charge is -2.39. The van der Waals surface area contributed by atoms with E-state index in [0.717, 1.165) is 12.1 Å². The van der Waals surface area contributed by atoms with E-state index in [1.807, 2.05) is 23.8 Å². The summed E-state index contributed by atoms with van der Waals surface area (Å²) >= 11 is 0. The summed E-state index contributed by atoms with van der Waals surface area (Å²) in [5.41, 5.74) is -1.09. The molecule has 1 atom stereocenters. The highest BCUT2D eigenvalue weighted by Gasteiger charge is 2.36. The number of ether oxygens (including phenoxy) is 1. The highest BCUT2D eigenvalue weighted by molar-refractivity contribution is 6.07. The van der Waals surface area contributed by atoms with Crippen LogP contribution in [-0.2, 0) is 10.9 Å². The first-order chi connectivity index (χ1) is 19.5. The van der Waals surface area contributed by atoms with Gasteiger partial charge in [0.15, 0.2) is 0 Å². The standard InChI is InChI=1S/C29H30F5N5O2/c1-18-17-39(8-7-37(18)2)26-15-24(31)22(19-3-6-27(35-16-19)38-9-11-41-12-10-38)14-25(26)36-28(40)21-5-4-20(30)13-23(21)29(32,33)34/h3-6,13-16,18H,7-12,17H2,1-2H3,(H,36,40). The Kier molecular flexibility index (Phi) is 8.14. The summed E-state index contributed by atoms with van der Waals surface area (Å²) in [6.45, 7) is 6.22. The van der Waals surface area contributed by atoms with Gasteiger partial charge in [0.2, 0.25) is 0 Å². The SMILES string of the molecule is CC1CN(c2cc(F)c(-c3ccc(N4CCOCC4)nc3)cc2NC(=O)c2ccc(F)cc2C(F)(F)F)CCN1C. The van der Waals surface area contributed by atoms with Crippen molar-refractivity contribution in [3.63, 3.8) is 0 Å². The smallest absolute Gasteiger partial charge is 0.378 e. The molecule has 0 spiro atoms. The van der Waals surface area contributed by atoms with E-state index in [2.05, 4.69) is 15.2 Å². The van der Waals surface area contributed by atoms with Gasteiger partial charge in [-0.05, 0) is 56.4 Å².